The number of non-ortho nitro benzene ring substituents is 1. The lowest BCUT2D eigenvalue weighted by Crippen LogP contribution is -2.27. The first-order chi connectivity index (χ1) is 13.3. The predicted molar refractivity (Wildman–Crippen MR) is 95.3 cm³/mol. The summed E-state index contributed by atoms with van der Waals surface area (Å²) in [6, 6.07) is 8.29. The Labute approximate surface area is 158 Å². The quantitative estimate of drug-likeness (QED) is 0.432. The Hall–Kier alpha value is -4.08. The fraction of sp³-hybridized carbons (Fsp3) is 0.111. The number of benzene rings is 2. The number of hydrogen-bond acceptors (Lipinski definition) is 8. The predicted octanol–water partition coefficient (Wildman–Crippen LogP) is 3.28. The van der Waals surface area contributed by atoms with Crippen molar-refractivity contribution in [3.8, 4) is 23.0 Å². The van der Waals surface area contributed by atoms with E-state index in [1.54, 1.807) is 6.92 Å². The molecule has 3 rings (SSSR count). The van der Waals surface area contributed by atoms with Crippen LogP contribution in [0.3, 0.4) is 0 Å². The van der Waals surface area contributed by atoms with Crippen molar-refractivity contribution < 1.29 is 29.2 Å². The van der Waals surface area contributed by atoms with Crippen LogP contribution in [0, 0.1) is 10.1 Å². The van der Waals surface area contributed by atoms with Gasteiger partial charge in [0.05, 0.1) is 16.5 Å². The first kappa shape index (κ1) is 18.7. The van der Waals surface area contributed by atoms with E-state index in [0.717, 1.165) is 6.07 Å². The van der Waals surface area contributed by atoms with Gasteiger partial charge in [0.25, 0.3) is 11.6 Å². The maximum Gasteiger partial charge on any atom is 0.273 e. The lowest BCUT2D eigenvalue weighted by molar-refractivity contribution is -0.384. The molecule has 10 heteroatoms. The average Bonchev–Trinajstić information content (AvgIpc) is 3.16. The molecule has 1 aromatic heterocycles. The third kappa shape index (κ3) is 4.01. The van der Waals surface area contributed by atoms with Gasteiger partial charge in [-0.25, -0.2) is 0 Å². The van der Waals surface area contributed by atoms with Gasteiger partial charge in [-0.15, -0.1) is 0 Å². The van der Waals surface area contributed by atoms with Gasteiger partial charge in [-0.2, -0.15) is 0 Å². The van der Waals surface area contributed by atoms with Gasteiger partial charge < -0.3 is 24.8 Å². The van der Waals surface area contributed by atoms with E-state index in [2.05, 4.69) is 15.0 Å². The molecule has 1 atom stereocenters. The zero-order valence-corrected chi connectivity index (χ0v) is 14.5. The molecule has 1 unspecified atom stereocenters. The summed E-state index contributed by atoms with van der Waals surface area (Å²) in [7, 11) is 0. The van der Waals surface area contributed by atoms with Gasteiger partial charge in [0.15, 0.2) is 5.69 Å². The van der Waals surface area contributed by atoms with Crippen molar-refractivity contribution in [1.82, 2.24) is 10.5 Å². The molecule has 0 radical (unpaired) electrons. The summed E-state index contributed by atoms with van der Waals surface area (Å²) < 4.78 is 10.3. The molecule has 2 aromatic carbocycles. The first-order valence-corrected chi connectivity index (χ1v) is 8.04. The Morgan fingerprint density at radius 1 is 1.25 bits per heavy atom. The van der Waals surface area contributed by atoms with E-state index in [-0.39, 0.29) is 39.9 Å². The first-order valence-electron chi connectivity index (χ1n) is 8.04. The van der Waals surface area contributed by atoms with Crippen molar-refractivity contribution in [2.45, 2.75) is 13.0 Å². The number of nitrogens with zero attached hydrogens (tertiary/aromatic N) is 2. The van der Waals surface area contributed by atoms with Crippen LogP contribution in [0.2, 0.25) is 0 Å². The molecule has 1 amide bonds. The summed E-state index contributed by atoms with van der Waals surface area (Å²) in [4.78, 5) is 22.4. The summed E-state index contributed by atoms with van der Waals surface area (Å²) in [5.41, 5.74) is 0.149. The number of aromatic nitrogens is 1. The van der Waals surface area contributed by atoms with Crippen molar-refractivity contribution in [1.29, 1.82) is 0 Å². The van der Waals surface area contributed by atoms with Crippen LogP contribution in [0.5, 0.6) is 23.0 Å². The van der Waals surface area contributed by atoms with Crippen molar-refractivity contribution in [2.75, 3.05) is 0 Å². The molecule has 144 valence electrons. The van der Waals surface area contributed by atoms with E-state index in [1.807, 2.05) is 0 Å². The summed E-state index contributed by atoms with van der Waals surface area (Å²) in [6.07, 6.45) is 1.25. The summed E-state index contributed by atoms with van der Waals surface area (Å²) in [6.45, 7) is 1.60. The van der Waals surface area contributed by atoms with Gasteiger partial charge in [0.2, 0.25) is 0 Å². The van der Waals surface area contributed by atoms with Crippen LogP contribution in [0.1, 0.15) is 29.0 Å². The van der Waals surface area contributed by atoms with E-state index in [1.165, 1.54) is 42.7 Å². The van der Waals surface area contributed by atoms with Crippen LogP contribution >= 0.6 is 0 Å². The maximum atomic E-state index is 12.2. The number of carbonyl (C=O) groups excluding carboxylic acids is 1. The molecule has 1 heterocycles. The number of ether oxygens (including phenoxy) is 1. The van der Waals surface area contributed by atoms with Gasteiger partial charge in [0, 0.05) is 30.3 Å². The molecule has 0 aliphatic carbocycles. The minimum absolute atomic E-state index is 0.0583. The van der Waals surface area contributed by atoms with Gasteiger partial charge in [-0.3, -0.25) is 14.9 Å². The second-order valence-electron chi connectivity index (χ2n) is 5.81. The molecule has 3 aromatic rings. The number of nitrogens with one attached hydrogen (secondary N) is 1. The number of aromatic hydroxyl groups is 2. The van der Waals surface area contributed by atoms with E-state index in [4.69, 9.17) is 4.74 Å². The van der Waals surface area contributed by atoms with Crippen LogP contribution < -0.4 is 10.1 Å². The van der Waals surface area contributed by atoms with E-state index in [0.29, 0.717) is 0 Å². The number of nitro benzene ring substituents is 1. The zero-order chi connectivity index (χ0) is 20.3. The van der Waals surface area contributed by atoms with E-state index < -0.39 is 16.9 Å². The third-order valence-electron chi connectivity index (χ3n) is 3.83. The number of phenols is 2. The van der Waals surface area contributed by atoms with Gasteiger partial charge in [-0.1, -0.05) is 5.16 Å². The third-order valence-corrected chi connectivity index (χ3v) is 3.83. The molecule has 0 aliphatic rings. The maximum absolute atomic E-state index is 12.2. The molecule has 0 spiro atoms. The van der Waals surface area contributed by atoms with Crippen LogP contribution in [0.4, 0.5) is 5.69 Å². The lowest BCUT2D eigenvalue weighted by Gasteiger charge is -2.19. The summed E-state index contributed by atoms with van der Waals surface area (Å²) in [5.74, 6) is -0.778. The average molecular weight is 385 g/mol. The SMILES string of the molecule is CC(NC(=O)c1ccon1)c1c(O)cc(O)cc1Oc1ccc([N+](=O)[O-])cc1. The fourth-order valence-electron chi connectivity index (χ4n) is 2.55. The molecule has 0 saturated carbocycles. The highest BCUT2D eigenvalue weighted by Gasteiger charge is 2.22. The largest absolute Gasteiger partial charge is 0.508 e. The molecule has 0 aliphatic heterocycles. The van der Waals surface area contributed by atoms with Crippen LogP contribution in [0.15, 0.2) is 53.3 Å². The Balaban J connectivity index is 1.88. The standard InChI is InChI=1S/C18H15N3O7/c1-10(19-18(24)14-6-7-27-20-14)17-15(23)8-12(22)9-16(17)28-13-4-2-11(3-5-13)21(25)26/h2-10,22-23H,1H3,(H,19,24). The van der Waals surface area contributed by atoms with Crippen LogP contribution in [-0.2, 0) is 0 Å². The second kappa shape index (κ2) is 7.66. The number of phenolic OH excluding ortho intramolecular Hbond substituents is 2. The van der Waals surface area contributed by atoms with Crippen molar-refractivity contribution in [2.24, 2.45) is 0 Å². The monoisotopic (exact) mass is 385 g/mol. The molecule has 0 fully saturated rings. The molecule has 0 bridgehead atoms. The Bertz CT molecular complexity index is 1000. The molecule has 0 saturated heterocycles. The minimum Gasteiger partial charge on any atom is -0.508 e. The summed E-state index contributed by atoms with van der Waals surface area (Å²) in [5, 5.41) is 37.0. The van der Waals surface area contributed by atoms with Crippen molar-refractivity contribution >= 4 is 11.6 Å². The van der Waals surface area contributed by atoms with Crippen molar-refractivity contribution in [3.05, 3.63) is 70.1 Å². The number of hydrogen-bond donors (Lipinski definition) is 3. The highest BCUT2D eigenvalue weighted by Crippen LogP contribution is 2.39. The second-order valence-corrected chi connectivity index (χ2v) is 5.81. The zero-order valence-electron chi connectivity index (χ0n) is 14.5. The Morgan fingerprint density at radius 3 is 2.57 bits per heavy atom. The van der Waals surface area contributed by atoms with E-state index >= 15 is 0 Å². The molecule has 28 heavy (non-hydrogen) atoms. The van der Waals surface area contributed by atoms with Gasteiger partial charge in [-0.05, 0) is 19.1 Å². The highest BCUT2D eigenvalue weighted by atomic mass is 16.6. The highest BCUT2D eigenvalue weighted by molar-refractivity contribution is 5.92. The molecule has 10 nitrogen and oxygen atoms in total. The van der Waals surface area contributed by atoms with Crippen LogP contribution in [-0.4, -0.2) is 26.2 Å². The van der Waals surface area contributed by atoms with Crippen LogP contribution in [0.25, 0.3) is 0 Å². The normalized spacial score (nSPS) is 11.6. The van der Waals surface area contributed by atoms with E-state index in [9.17, 15) is 25.1 Å². The lowest BCUT2D eigenvalue weighted by atomic mass is 10.0. The number of carbonyl (C=O) groups is 1. The number of rotatable bonds is 6. The molecule has 3 N–H and O–H groups in total. The fourth-order valence-corrected chi connectivity index (χ4v) is 2.55. The van der Waals surface area contributed by atoms with Gasteiger partial charge in [0.1, 0.15) is 29.3 Å². The minimum atomic E-state index is -0.724. The van der Waals surface area contributed by atoms with Crippen molar-refractivity contribution in [3.63, 3.8) is 0 Å². The Morgan fingerprint density at radius 2 is 1.96 bits per heavy atom. The smallest absolute Gasteiger partial charge is 0.273 e. The topological polar surface area (TPSA) is 148 Å². The molecular formula is C18H15N3O7. The number of nitro groups is 1. The number of amides is 1. The molecular weight excluding hydrogens is 370 g/mol. The summed E-state index contributed by atoms with van der Waals surface area (Å²) >= 11 is 0. The Kier molecular flexibility index (Phi) is 5.12. The van der Waals surface area contributed by atoms with Gasteiger partial charge >= 0.3 is 0 Å².